The summed E-state index contributed by atoms with van der Waals surface area (Å²) in [5.74, 6) is 1.21. The van der Waals surface area contributed by atoms with E-state index in [0.29, 0.717) is 6.04 Å². The van der Waals surface area contributed by atoms with Gasteiger partial charge in [-0.15, -0.1) is 0 Å². The molecule has 2 rings (SSSR count). The molecule has 0 amide bonds. The van der Waals surface area contributed by atoms with E-state index in [-0.39, 0.29) is 0 Å². The van der Waals surface area contributed by atoms with Gasteiger partial charge in [-0.3, -0.25) is 0 Å². The van der Waals surface area contributed by atoms with E-state index in [1.165, 1.54) is 54.5 Å². The third-order valence-electron chi connectivity index (χ3n) is 4.43. The van der Waals surface area contributed by atoms with Gasteiger partial charge in [-0.05, 0) is 49.9 Å². The minimum absolute atomic E-state index is 0.506. The highest BCUT2D eigenvalue weighted by Crippen LogP contribution is 2.31. The smallest absolute Gasteiger partial charge is 0.0411 e. The van der Waals surface area contributed by atoms with E-state index in [1.807, 2.05) is 0 Å². The van der Waals surface area contributed by atoms with Crippen molar-refractivity contribution < 1.29 is 0 Å². The Bertz CT molecular complexity index is 410. The van der Waals surface area contributed by atoms with Gasteiger partial charge in [-0.1, -0.05) is 44.4 Å². The predicted molar refractivity (Wildman–Crippen MR) is 91.7 cm³/mol. The zero-order valence-electron chi connectivity index (χ0n) is 13.2. The molecule has 0 saturated heterocycles. The minimum Gasteiger partial charge on any atom is -0.310 e. The average Bonchev–Trinajstić information content (AvgIpc) is 2.47. The molecule has 1 saturated carbocycles. The number of rotatable bonds is 6. The molecule has 1 aliphatic carbocycles. The Kier molecular flexibility index (Phi) is 6.44. The Hall–Kier alpha value is -0.470. The summed E-state index contributed by atoms with van der Waals surface area (Å²) < 4.78 is 0. The number of thioether (sulfide) groups is 1. The van der Waals surface area contributed by atoms with Gasteiger partial charge < -0.3 is 5.32 Å². The van der Waals surface area contributed by atoms with Crippen molar-refractivity contribution in [1.29, 1.82) is 0 Å². The van der Waals surface area contributed by atoms with Crippen LogP contribution in [0.15, 0.2) is 18.2 Å². The lowest BCUT2D eigenvalue weighted by Crippen LogP contribution is -2.24. The standard InChI is InChI=1S/C18H29NS/c1-4-19-18(13-20-17-8-6-5-7-9-17)16-11-10-14(2)15(3)12-16/h10-12,17-19H,4-9,13H2,1-3H3. The first-order valence-electron chi connectivity index (χ1n) is 8.13. The molecule has 0 heterocycles. The van der Waals surface area contributed by atoms with E-state index in [4.69, 9.17) is 0 Å². The van der Waals surface area contributed by atoms with Gasteiger partial charge in [-0.25, -0.2) is 0 Å². The quantitative estimate of drug-likeness (QED) is 0.790. The summed E-state index contributed by atoms with van der Waals surface area (Å²) in [4.78, 5) is 0. The summed E-state index contributed by atoms with van der Waals surface area (Å²) in [6, 6.07) is 7.44. The largest absolute Gasteiger partial charge is 0.310 e. The number of aryl methyl sites for hydroxylation is 2. The summed E-state index contributed by atoms with van der Waals surface area (Å²) in [5.41, 5.74) is 4.26. The van der Waals surface area contributed by atoms with Gasteiger partial charge in [0.25, 0.3) is 0 Å². The second-order valence-corrected chi connectivity index (χ2v) is 7.38. The maximum absolute atomic E-state index is 3.66. The van der Waals surface area contributed by atoms with Crippen molar-refractivity contribution in [2.24, 2.45) is 0 Å². The molecule has 0 spiro atoms. The summed E-state index contributed by atoms with van der Waals surface area (Å²) in [7, 11) is 0. The molecule has 1 atom stereocenters. The van der Waals surface area contributed by atoms with Crippen LogP contribution in [0.2, 0.25) is 0 Å². The van der Waals surface area contributed by atoms with Crippen LogP contribution in [0.1, 0.15) is 61.8 Å². The molecule has 1 N–H and O–H groups in total. The molecule has 1 fully saturated rings. The Morgan fingerprint density at radius 1 is 1.15 bits per heavy atom. The van der Waals surface area contributed by atoms with E-state index in [9.17, 15) is 0 Å². The second kappa shape index (κ2) is 8.09. The molecule has 2 heteroatoms. The van der Waals surface area contributed by atoms with Crippen LogP contribution in [-0.4, -0.2) is 17.5 Å². The zero-order chi connectivity index (χ0) is 14.4. The highest BCUT2D eigenvalue weighted by molar-refractivity contribution is 7.99. The van der Waals surface area contributed by atoms with E-state index in [1.54, 1.807) is 0 Å². The molecule has 0 aromatic heterocycles. The van der Waals surface area contributed by atoms with E-state index < -0.39 is 0 Å². The van der Waals surface area contributed by atoms with Crippen LogP contribution < -0.4 is 5.32 Å². The normalized spacial score (nSPS) is 18.1. The fourth-order valence-corrected chi connectivity index (χ4v) is 4.41. The molecule has 0 bridgehead atoms. The molecule has 1 aromatic carbocycles. The van der Waals surface area contributed by atoms with Crippen LogP contribution in [0.3, 0.4) is 0 Å². The molecular weight excluding hydrogens is 262 g/mol. The number of benzene rings is 1. The number of nitrogens with one attached hydrogen (secondary N) is 1. The van der Waals surface area contributed by atoms with E-state index in [0.717, 1.165) is 11.8 Å². The maximum atomic E-state index is 3.66. The molecule has 1 nitrogen and oxygen atoms in total. The number of hydrogen-bond acceptors (Lipinski definition) is 2. The lowest BCUT2D eigenvalue weighted by molar-refractivity contribution is 0.514. The van der Waals surface area contributed by atoms with Gasteiger partial charge in [0, 0.05) is 17.0 Å². The average molecular weight is 292 g/mol. The fourth-order valence-electron chi connectivity index (χ4n) is 2.96. The van der Waals surface area contributed by atoms with Crippen molar-refractivity contribution in [3.63, 3.8) is 0 Å². The summed E-state index contributed by atoms with van der Waals surface area (Å²) in [6.07, 6.45) is 7.18. The monoisotopic (exact) mass is 291 g/mol. The van der Waals surface area contributed by atoms with Gasteiger partial charge >= 0.3 is 0 Å². The lowest BCUT2D eigenvalue weighted by atomic mass is 10.0. The fraction of sp³-hybridized carbons (Fsp3) is 0.667. The zero-order valence-corrected chi connectivity index (χ0v) is 14.1. The number of hydrogen-bond donors (Lipinski definition) is 1. The molecule has 0 radical (unpaired) electrons. The lowest BCUT2D eigenvalue weighted by Gasteiger charge is -2.25. The van der Waals surface area contributed by atoms with E-state index >= 15 is 0 Å². The second-order valence-electron chi connectivity index (χ2n) is 6.05. The summed E-state index contributed by atoms with van der Waals surface area (Å²) in [5, 5.41) is 4.56. The van der Waals surface area contributed by atoms with Crippen LogP contribution in [0.5, 0.6) is 0 Å². The molecule has 0 aliphatic heterocycles. The van der Waals surface area contributed by atoms with Gasteiger partial charge in [-0.2, -0.15) is 11.8 Å². The van der Waals surface area contributed by atoms with Crippen molar-refractivity contribution in [2.45, 2.75) is 64.2 Å². The predicted octanol–water partition coefficient (Wildman–Crippen LogP) is 5.02. The summed E-state index contributed by atoms with van der Waals surface area (Å²) in [6.45, 7) is 7.66. The van der Waals surface area contributed by atoms with Crippen LogP contribution in [0.4, 0.5) is 0 Å². The van der Waals surface area contributed by atoms with Crippen LogP contribution in [0.25, 0.3) is 0 Å². The molecular formula is C18H29NS. The first-order chi connectivity index (χ1) is 9.70. The van der Waals surface area contributed by atoms with Gasteiger partial charge in [0.1, 0.15) is 0 Å². The highest BCUT2D eigenvalue weighted by atomic mass is 32.2. The Morgan fingerprint density at radius 2 is 1.90 bits per heavy atom. The van der Waals surface area contributed by atoms with Crippen LogP contribution >= 0.6 is 11.8 Å². The van der Waals surface area contributed by atoms with Gasteiger partial charge in [0.2, 0.25) is 0 Å². The first-order valence-corrected chi connectivity index (χ1v) is 9.17. The van der Waals surface area contributed by atoms with Crippen LogP contribution in [-0.2, 0) is 0 Å². The van der Waals surface area contributed by atoms with Gasteiger partial charge in [0.15, 0.2) is 0 Å². The maximum Gasteiger partial charge on any atom is 0.0411 e. The molecule has 1 aliphatic rings. The Balaban J connectivity index is 1.96. The van der Waals surface area contributed by atoms with Crippen molar-refractivity contribution in [3.05, 3.63) is 34.9 Å². The topological polar surface area (TPSA) is 12.0 Å². The first kappa shape index (κ1) is 15.9. The molecule has 1 unspecified atom stereocenters. The van der Waals surface area contributed by atoms with Crippen molar-refractivity contribution in [1.82, 2.24) is 5.32 Å². The highest BCUT2D eigenvalue weighted by Gasteiger charge is 2.17. The van der Waals surface area contributed by atoms with E-state index in [2.05, 4.69) is 56.0 Å². The van der Waals surface area contributed by atoms with Crippen molar-refractivity contribution in [2.75, 3.05) is 12.3 Å². The van der Waals surface area contributed by atoms with Gasteiger partial charge in [0.05, 0.1) is 0 Å². The molecule has 20 heavy (non-hydrogen) atoms. The van der Waals surface area contributed by atoms with Crippen LogP contribution in [0, 0.1) is 13.8 Å². The SMILES string of the molecule is CCNC(CSC1CCCCC1)c1ccc(C)c(C)c1. The third-order valence-corrected chi connectivity index (χ3v) is 5.90. The Morgan fingerprint density at radius 3 is 2.55 bits per heavy atom. The third kappa shape index (κ3) is 4.53. The van der Waals surface area contributed by atoms with Crippen molar-refractivity contribution in [3.8, 4) is 0 Å². The van der Waals surface area contributed by atoms with Crippen molar-refractivity contribution >= 4 is 11.8 Å². The Labute approximate surface area is 128 Å². The molecule has 112 valence electrons. The summed E-state index contributed by atoms with van der Waals surface area (Å²) >= 11 is 2.19. The molecule has 1 aromatic rings. The minimum atomic E-state index is 0.506.